The number of amides is 1. The maximum Gasteiger partial charge on any atom is 0.240 e. The van der Waals surface area contributed by atoms with Gasteiger partial charge in [0.1, 0.15) is 6.07 Å². The Balaban J connectivity index is 1.50. The van der Waals surface area contributed by atoms with Gasteiger partial charge in [0.25, 0.3) is 0 Å². The molecule has 0 atom stereocenters. The summed E-state index contributed by atoms with van der Waals surface area (Å²) in [6.07, 6.45) is 0. The largest absolute Gasteiger partial charge is 0.494 e. The molecule has 2 heterocycles. The SMILES string of the molecule is CN1CCN(CC(=O)N(C)c2ccc(N=C(c3ccccc3)c3c(O)[nH]c4cc(Cl)ccc34)cc2C#N)CC1. The van der Waals surface area contributed by atoms with Crippen LogP contribution < -0.4 is 4.90 Å². The highest BCUT2D eigenvalue weighted by Gasteiger charge is 2.22. The number of aliphatic imine (C=N–C) groups is 1. The van der Waals surface area contributed by atoms with Crippen LogP contribution >= 0.6 is 11.6 Å². The second kappa shape index (κ2) is 11.3. The average molecular weight is 541 g/mol. The molecule has 0 aliphatic carbocycles. The van der Waals surface area contributed by atoms with Crippen molar-refractivity contribution in [2.75, 3.05) is 51.7 Å². The van der Waals surface area contributed by atoms with Gasteiger partial charge in [-0.05, 0) is 37.4 Å². The quantitative estimate of drug-likeness (QED) is 0.343. The number of carbonyl (C=O) groups is 1. The van der Waals surface area contributed by atoms with Crippen LogP contribution in [0.15, 0.2) is 71.7 Å². The van der Waals surface area contributed by atoms with E-state index in [0.29, 0.717) is 45.3 Å². The van der Waals surface area contributed by atoms with Crippen molar-refractivity contribution in [2.45, 2.75) is 0 Å². The number of nitriles is 1. The zero-order valence-electron chi connectivity index (χ0n) is 21.9. The van der Waals surface area contributed by atoms with Crippen LogP contribution in [0.5, 0.6) is 5.88 Å². The summed E-state index contributed by atoms with van der Waals surface area (Å²) >= 11 is 6.17. The normalized spacial score (nSPS) is 14.9. The van der Waals surface area contributed by atoms with Gasteiger partial charge in [0.15, 0.2) is 5.88 Å². The number of aromatic amines is 1. The van der Waals surface area contributed by atoms with Crippen LogP contribution in [0.2, 0.25) is 5.02 Å². The number of nitrogens with one attached hydrogen (secondary N) is 1. The number of H-pyrrole nitrogens is 1. The first-order chi connectivity index (χ1) is 18.8. The number of hydrogen-bond donors (Lipinski definition) is 2. The lowest BCUT2D eigenvalue weighted by Crippen LogP contribution is -2.48. The molecule has 8 nitrogen and oxygen atoms in total. The van der Waals surface area contributed by atoms with Crippen molar-refractivity contribution in [3.05, 3.63) is 88.4 Å². The molecule has 9 heteroatoms. The van der Waals surface area contributed by atoms with E-state index in [1.54, 1.807) is 37.4 Å². The van der Waals surface area contributed by atoms with Gasteiger partial charge in [-0.25, -0.2) is 4.99 Å². The number of halogens is 1. The first kappa shape index (κ1) is 26.4. The Kier molecular flexibility index (Phi) is 7.66. The van der Waals surface area contributed by atoms with Crippen LogP contribution in [-0.4, -0.2) is 78.3 Å². The number of likely N-dealkylation sites (N-methyl/N-ethyl adjacent to an activating group) is 2. The fraction of sp³-hybridized carbons (Fsp3) is 0.233. The van der Waals surface area contributed by atoms with Crippen molar-refractivity contribution in [3.8, 4) is 11.9 Å². The van der Waals surface area contributed by atoms with Gasteiger partial charge in [0.2, 0.25) is 5.91 Å². The van der Waals surface area contributed by atoms with Crippen LogP contribution in [0, 0.1) is 11.3 Å². The lowest BCUT2D eigenvalue weighted by molar-refractivity contribution is -0.119. The van der Waals surface area contributed by atoms with Crippen LogP contribution in [0.4, 0.5) is 11.4 Å². The van der Waals surface area contributed by atoms with Crippen LogP contribution in [0.1, 0.15) is 16.7 Å². The number of benzene rings is 3. The molecule has 5 rings (SSSR count). The minimum atomic E-state index is -0.0698. The van der Waals surface area contributed by atoms with Gasteiger partial charge in [0.05, 0.1) is 40.3 Å². The Labute approximate surface area is 232 Å². The lowest BCUT2D eigenvalue weighted by Gasteiger charge is -2.32. The Hall–Kier alpha value is -4.16. The monoisotopic (exact) mass is 540 g/mol. The highest BCUT2D eigenvalue weighted by molar-refractivity contribution is 6.31. The Morgan fingerprint density at radius 3 is 2.56 bits per heavy atom. The van der Waals surface area contributed by atoms with Crippen molar-refractivity contribution in [2.24, 2.45) is 4.99 Å². The molecule has 2 N–H and O–H groups in total. The van der Waals surface area contributed by atoms with E-state index >= 15 is 0 Å². The third-order valence-corrected chi connectivity index (χ3v) is 7.29. The summed E-state index contributed by atoms with van der Waals surface area (Å²) in [6.45, 7) is 3.83. The van der Waals surface area contributed by atoms with Crippen molar-refractivity contribution in [1.29, 1.82) is 5.26 Å². The molecule has 1 aliphatic rings. The minimum Gasteiger partial charge on any atom is -0.494 e. The zero-order valence-corrected chi connectivity index (χ0v) is 22.6. The van der Waals surface area contributed by atoms with Gasteiger partial charge in [-0.15, -0.1) is 0 Å². The Morgan fingerprint density at radius 1 is 1.10 bits per heavy atom. The number of hydrogen-bond acceptors (Lipinski definition) is 6. The van der Waals surface area contributed by atoms with Crippen molar-refractivity contribution >= 4 is 45.5 Å². The molecule has 4 aromatic rings. The lowest BCUT2D eigenvalue weighted by atomic mass is 10.0. The molecule has 39 heavy (non-hydrogen) atoms. The van der Waals surface area contributed by atoms with E-state index in [0.717, 1.165) is 37.1 Å². The maximum atomic E-state index is 13.0. The topological polar surface area (TPSA) is 99.0 Å². The van der Waals surface area contributed by atoms with Crippen LogP contribution in [0.25, 0.3) is 10.9 Å². The smallest absolute Gasteiger partial charge is 0.240 e. The number of aromatic nitrogens is 1. The summed E-state index contributed by atoms with van der Waals surface area (Å²) in [5.41, 5.74) is 3.96. The number of carbonyl (C=O) groups excluding carboxylic acids is 1. The molecule has 1 fully saturated rings. The van der Waals surface area contributed by atoms with Gasteiger partial charge in [-0.3, -0.25) is 9.69 Å². The summed E-state index contributed by atoms with van der Waals surface area (Å²) < 4.78 is 0. The van der Waals surface area contributed by atoms with Crippen LogP contribution in [-0.2, 0) is 4.79 Å². The number of anilines is 1. The number of rotatable bonds is 6. The number of piperazine rings is 1. The van der Waals surface area contributed by atoms with E-state index in [4.69, 9.17) is 16.6 Å². The van der Waals surface area contributed by atoms with Crippen LogP contribution in [0.3, 0.4) is 0 Å². The van der Waals surface area contributed by atoms with Gasteiger partial charge in [-0.1, -0.05) is 48.0 Å². The fourth-order valence-electron chi connectivity index (χ4n) is 4.80. The summed E-state index contributed by atoms with van der Waals surface area (Å²) in [7, 11) is 3.77. The molecule has 0 unspecified atom stereocenters. The maximum absolute atomic E-state index is 13.0. The standard InChI is InChI=1S/C30H29ClN6O2/c1-35-12-14-37(15-13-35)19-27(38)36(2)26-11-9-23(16-21(26)18-32)33-29(20-6-4-3-5-7-20)28-24-10-8-22(31)17-25(24)34-30(28)39/h3-11,16-17,34,39H,12-15,19H2,1-2H3. The van der Waals surface area contributed by atoms with Gasteiger partial charge in [-0.2, -0.15) is 5.26 Å². The highest BCUT2D eigenvalue weighted by atomic mass is 35.5. The second-order valence-electron chi connectivity index (χ2n) is 9.71. The molecule has 0 spiro atoms. The number of fused-ring (bicyclic) bond motifs is 1. The van der Waals surface area contributed by atoms with Gasteiger partial charge >= 0.3 is 0 Å². The molecule has 1 amide bonds. The summed E-state index contributed by atoms with van der Waals surface area (Å²) in [5, 5.41) is 22.2. The molecule has 1 aromatic heterocycles. The molecular weight excluding hydrogens is 512 g/mol. The molecule has 0 bridgehead atoms. The van der Waals surface area contributed by atoms with Gasteiger partial charge < -0.3 is 19.9 Å². The molecule has 1 saturated heterocycles. The summed E-state index contributed by atoms with van der Waals surface area (Å²) in [4.78, 5) is 26.8. The third-order valence-electron chi connectivity index (χ3n) is 7.06. The predicted molar refractivity (Wildman–Crippen MR) is 155 cm³/mol. The Morgan fingerprint density at radius 2 is 1.85 bits per heavy atom. The van der Waals surface area contributed by atoms with E-state index in [-0.39, 0.29) is 11.8 Å². The van der Waals surface area contributed by atoms with E-state index < -0.39 is 0 Å². The Bertz CT molecular complexity index is 1580. The van der Waals surface area contributed by atoms with E-state index in [1.807, 2.05) is 36.4 Å². The summed E-state index contributed by atoms with van der Waals surface area (Å²) in [6, 6.07) is 22.3. The number of nitrogens with zero attached hydrogens (tertiary/aromatic N) is 5. The number of aromatic hydroxyl groups is 1. The van der Waals surface area contributed by atoms with E-state index in [2.05, 4.69) is 27.9 Å². The molecule has 1 aliphatic heterocycles. The first-order valence-electron chi connectivity index (χ1n) is 12.7. The highest BCUT2D eigenvalue weighted by Crippen LogP contribution is 2.33. The zero-order chi connectivity index (χ0) is 27.5. The average Bonchev–Trinajstić information content (AvgIpc) is 3.27. The predicted octanol–water partition coefficient (Wildman–Crippen LogP) is 4.78. The van der Waals surface area contributed by atoms with Crippen molar-refractivity contribution < 1.29 is 9.90 Å². The second-order valence-corrected chi connectivity index (χ2v) is 10.1. The molecule has 198 valence electrons. The van der Waals surface area contributed by atoms with E-state index in [1.165, 1.54) is 4.90 Å². The van der Waals surface area contributed by atoms with Crippen molar-refractivity contribution in [3.63, 3.8) is 0 Å². The summed E-state index contributed by atoms with van der Waals surface area (Å²) in [5.74, 6) is -0.0964. The molecule has 3 aromatic carbocycles. The minimum absolute atomic E-state index is 0.0266. The molecule has 0 radical (unpaired) electrons. The fourth-order valence-corrected chi connectivity index (χ4v) is 4.97. The molecule has 0 saturated carbocycles. The third kappa shape index (κ3) is 5.66. The van der Waals surface area contributed by atoms with Gasteiger partial charge in [0, 0.05) is 49.2 Å². The first-order valence-corrected chi connectivity index (χ1v) is 13.1. The van der Waals surface area contributed by atoms with Crippen molar-refractivity contribution in [1.82, 2.24) is 14.8 Å². The molecular formula is C30H29ClN6O2. The van der Waals surface area contributed by atoms with E-state index in [9.17, 15) is 15.2 Å².